The molecule has 10 heteroatoms. The van der Waals surface area contributed by atoms with Gasteiger partial charge in [-0.1, -0.05) is 44.7 Å². The van der Waals surface area contributed by atoms with Gasteiger partial charge in [-0.25, -0.2) is 8.42 Å². The molecule has 30 heavy (non-hydrogen) atoms. The molecule has 1 N–H and O–H groups in total. The summed E-state index contributed by atoms with van der Waals surface area (Å²) in [5, 5.41) is 12.0. The molecule has 1 heterocycles. The first-order valence-corrected chi connectivity index (χ1v) is 12.7. The van der Waals surface area contributed by atoms with E-state index in [1.807, 2.05) is 31.4 Å². The number of thioether (sulfide) groups is 1. The summed E-state index contributed by atoms with van der Waals surface area (Å²) < 4.78 is 29.3. The van der Waals surface area contributed by atoms with Gasteiger partial charge in [-0.15, -0.1) is 10.2 Å². The van der Waals surface area contributed by atoms with Crippen molar-refractivity contribution in [2.75, 3.05) is 25.4 Å². The van der Waals surface area contributed by atoms with E-state index >= 15 is 0 Å². The quantitative estimate of drug-likeness (QED) is 0.525. The van der Waals surface area contributed by atoms with Crippen LogP contribution in [0.25, 0.3) is 11.4 Å². The molecule has 0 spiro atoms. The van der Waals surface area contributed by atoms with Crippen LogP contribution in [0.3, 0.4) is 0 Å². The van der Waals surface area contributed by atoms with Crippen molar-refractivity contribution in [1.29, 1.82) is 0 Å². The largest absolute Gasteiger partial charge is 0.356 e. The minimum Gasteiger partial charge on any atom is -0.356 e. The first-order valence-electron chi connectivity index (χ1n) is 10.2. The maximum Gasteiger partial charge on any atom is 0.243 e. The van der Waals surface area contributed by atoms with Gasteiger partial charge >= 0.3 is 0 Å². The second-order valence-corrected chi connectivity index (χ2v) is 9.67. The molecule has 0 aliphatic rings. The van der Waals surface area contributed by atoms with E-state index in [1.54, 1.807) is 18.2 Å². The van der Waals surface area contributed by atoms with Crippen molar-refractivity contribution < 1.29 is 13.2 Å². The molecule has 0 saturated heterocycles. The number of hydrogen-bond acceptors (Lipinski definition) is 6. The molecule has 0 saturated carbocycles. The first kappa shape index (κ1) is 24.4. The van der Waals surface area contributed by atoms with Crippen molar-refractivity contribution in [2.45, 2.75) is 57.1 Å². The predicted octanol–water partition coefficient (Wildman–Crippen LogP) is 3.17. The van der Waals surface area contributed by atoms with Gasteiger partial charge in [0, 0.05) is 31.2 Å². The number of rotatable bonds is 11. The van der Waals surface area contributed by atoms with Gasteiger partial charge in [0.25, 0.3) is 0 Å². The van der Waals surface area contributed by atoms with Gasteiger partial charge in [0.2, 0.25) is 15.9 Å². The topological polar surface area (TPSA) is 97.2 Å². The minimum atomic E-state index is -3.57. The van der Waals surface area contributed by atoms with E-state index in [-0.39, 0.29) is 22.6 Å². The Morgan fingerprint density at radius 3 is 2.50 bits per heavy atom. The highest BCUT2D eigenvalue weighted by Crippen LogP contribution is 2.30. The maximum absolute atomic E-state index is 12.9. The second-order valence-electron chi connectivity index (χ2n) is 6.79. The lowest BCUT2D eigenvalue weighted by Gasteiger charge is -2.19. The van der Waals surface area contributed by atoms with Crippen molar-refractivity contribution in [1.82, 2.24) is 24.4 Å². The van der Waals surface area contributed by atoms with Gasteiger partial charge in [0.15, 0.2) is 11.0 Å². The molecular formula is C20H31N5O3S2. The Balaban J connectivity index is 2.45. The molecule has 1 unspecified atom stereocenters. The number of hydrogen-bond donors (Lipinski definition) is 1. The summed E-state index contributed by atoms with van der Waals surface area (Å²) in [7, 11) is -3.57. The molecular weight excluding hydrogens is 422 g/mol. The number of carbonyl (C=O) groups excluding carboxylic acids is 1. The molecule has 8 nitrogen and oxygen atoms in total. The minimum absolute atomic E-state index is 0.0601. The number of amides is 1. The third-order valence-corrected chi connectivity index (χ3v) is 7.83. The Labute approximate surface area is 183 Å². The highest BCUT2D eigenvalue weighted by Gasteiger charge is 2.24. The molecule has 0 aliphatic carbocycles. The summed E-state index contributed by atoms with van der Waals surface area (Å²) in [5.41, 5.74) is 0.681. The fraction of sp³-hybridized carbons (Fsp3) is 0.550. The lowest BCUT2D eigenvalue weighted by molar-refractivity contribution is -0.118. The third kappa shape index (κ3) is 5.41. The first-order chi connectivity index (χ1) is 14.3. The number of nitrogens with one attached hydrogen (secondary N) is 1. The zero-order valence-corrected chi connectivity index (χ0v) is 19.9. The van der Waals surface area contributed by atoms with Gasteiger partial charge in [0.05, 0.1) is 10.6 Å². The summed E-state index contributed by atoms with van der Waals surface area (Å²) in [6.07, 6.45) is 0.844. The number of aromatic nitrogens is 3. The van der Waals surface area contributed by atoms with E-state index in [1.165, 1.54) is 16.1 Å². The van der Waals surface area contributed by atoms with Crippen LogP contribution in [0, 0.1) is 0 Å². The Bertz CT molecular complexity index is 955. The smallest absolute Gasteiger partial charge is 0.243 e. The lowest BCUT2D eigenvalue weighted by atomic mass is 10.2. The van der Waals surface area contributed by atoms with E-state index in [0.29, 0.717) is 36.2 Å². The predicted molar refractivity (Wildman–Crippen MR) is 120 cm³/mol. The van der Waals surface area contributed by atoms with E-state index in [0.717, 1.165) is 6.42 Å². The Hall–Kier alpha value is -1.91. The van der Waals surface area contributed by atoms with Gasteiger partial charge in [0.1, 0.15) is 0 Å². The van der Waals surface area contributed by atoms with E-state index in [2.05, 4.69) is 29.4 Å². The molecule has 1 aromatic heterocycles. The summed E-state index contributed by atoms with van der Waals surface area (Å²) in [6, 6.07) is 6.90. The summed E-state index contributed by atoms with van der Waals surface area (Å²) in [4.78, 5) is 12.1. The van der Waals surface area contributed by atoms with Crippen LogP contribution >= 0.6 is 11.8 Å². The van der Waals surface area contributed by atoms with Crippen LogP contribution in [0.2, 0.25) is 0 Å². The zero-order chi connectivity index (χ0) is 22.3. The van der Waals surface area contributed by atoms with Crippen molar-refractivity contribution in [3.63, 3.8) is 0 Å². The lowest BCUT2D eigenvalue weighted by Crippen LogP contribution is -2.30. The fourth-order valence-corrected chi connectivity index (χ4v) is 5.41. The van der Waals surface area contributed by atoms with Crippen LogP contribution in [-0.2, 0) is 14.8 Å². The molecule has 2 aromatic rings. The third-order valence-electron chi connectivity index (χ3n) is 4.84. The molecule has 0 bridgehead atoms. The monoisotopic (exact) mass is 453 g/mol. The fourth-order valence-electron chi connectivity index (χ4n) is 3.04. The van der Waals surface area contributed by atoms with Crippen molar-refractivity contribution in [2.24, 2.45) is 0 Å². The summed E-state index contributed by atoms with van der Waals surface area (Å²) >= 11 is 1.33. The standard InChI is InChI=1S/C20H31N5O3S2/c1-6-15(5)25-19(22-23-20(25)29-14-18(26)21-7-2)16-11-10-12-17(13-16)30(27,28)24(8-3)9-4/h10-13,15H,6-9,14H2,1-5H3,(H,21,26). The van der Waals surface area contributed by atoms with Crippen LogP contribution < -0.4 is 5.32 Å². The average molecular weight is 454 g/mol. The number of nitrogens with zero attached hydrogens (tertiary/aromatic N) is 4. The van der Waals surface area contributed by atoms with Gasteiger partial charge < -0.3 is 5.32 Å². The van der Waals surface area contributed by atoms with Crippen LogP contribution in [0.1, 0.15) is 47.1 Å². The van der Waals surface area contributed by atoms with Gasteiger partial charge in [-0.3, -0.25) is 9.36 Å². The highest BCUT2D eigenvalue weighted by molar-refractivity contribution is 7.99. The summed E-state index contributed by atoms with van der Waals surface area (Å²) in [6.45, 7) is 11.0. The molecule has 0 radical (unpaired) electrons. The van der Waals surface area contributed by atoms with Crippen molar-refractivity contribution >= 4 is 27.7 Å². The Morgan fingerprint density at radius 2 is 1.90 bits per heavy atom. The molecule has 0 fully saturated rings. The normalized spacial score (nSPS) is 12.9. The van der Waals surface area contributed by atoms with Crippen LogP contribution in [0.5, 0.6) is 0 Å². The van der Waals surface area contributed by atoms with E-state index < -0.39 is 10.0 Å². The maximum atomic E-state index is 12.9. The SMILES string of the molecule is CCNC(=O)CSc1nnc(-c2cccc(S(=O)(=O)N(CC)CC)c2)n1C(C)CC. The molecule has 0 aliphatic heterocycles. The number of sulfonamides is 1. The van der Waals surface area contributed by atoms with Crippen LogP contribution in [-0.4, -0.2) is 58.8 Å². The Morgan fingerprint density at radius 1 is 1.20 bits per heavy atom. The molecule has 166 valence electrons. The van der Waals surface area contributed by atoms with Crippen LogP contribution in [0.15, 0.2) is 34.3 Å². The van der Waals surface area contributed by atoms with Gasteiger partial charge in [-0.05, 0) is 32.4 Å². The second kappa shape index (κ2) is 10.9. The molecule has 1 amide bonds. The van der Waals surface area contributed by atoms with Crippen molar-refractivity contribution in [3.8, 4) is 11.4 Å². The number of benzene rings is 1. The van der Waals surface area contributed by atoms with E-state index in [9.17, 15) is 13.2 Å². The molecule has 1 aromatic carbocycles. The van der Waals surface area contributed by atoms with Gasteiger partial charge in [-0.2, -0.15) is 4.31 Å². The molecule has 1 atom stereocenters. The van der Waals surface area contributed by atoms with Crippen molar-refractivity contribution in [3.05, 3.63) is 24.3 Å². The zero-order valence-electron chi connectivity index (χ0n) is 18.3. The van der Waals surface area contributed by atoms with E-state index in [4.69, 9.17) is 0 Å². The summed E-state index contributed by atoms with van der Waals surface area (Å²) in [5.74, 6) is 0.785. The highest BCUT2D eigenvalue weighted by atomic mass is 32.2. The molecule has 2 rings (SSSR count). The van der Waals surface area contributed by atoms with Crippen LogP contribution in [0.4, 0.5) is 0 Å². The number of carbonyl (C=O) groups is 1. The Kier molecular flexibility index (Phi) is 8.87. The average Bonchev–Trinajstić information content (AvgIpc) is 3.16.